The standard InChI is InChI=1S/C26H21ClN4O/c27-21-9-8-20-16-31-25(29)23(24(20)15-21)12-5-17-1-6-19(7-2-17)26(32)30-14-13-18-3-10-22(28)11-4-18/h1-4,6-11,15-16H,13-14,28H2,(H2,29,31)(H,30,32). The Labute approximate surface area is 191 Å². The van der Waals surface area contributed by atoms with Crippen molar-refractivity contribution in [3.05, 3.63) is 100 Å². The van der Waals surface area contributed by atoms with Gasteiger partial charge in [0.05, 0.1) is 5.56 Å². The lowest BCUT2D eigenvalue weighted by molar-refractivity contribution is 0.0954. The van der Waals surface area contributed by atoms with E-state index >= 15 is 0 Å². The first-order chi connectivity index (χ1) is 15.5. The van der Waals surface area contributed by atoms with Crippen LogP contribution in [0, 0.1) is 11.8 Å². The third kappa shape index (κ3) is 5.00. The van der Waals surface area contributed by atoms with Gasteiger partial charge in [0.2, 0.25) is 0 Å². The highest BCUT2D eigenvalue weighted by atomic mass is 35.5. The number of hydrogen-bond donors (Lipinski definition) is 3. The molecular formula is C26H21ClN4O. The number of amides is 1. The SMILES string of the molecule is Nc1ccc(CCNC(=O)c2ccc(C#Cc3c(N)ncc4ccc(Cl)cc34)cc2)cc1. The summed E-state index contributed by atoms with van der Waals surface area (Å²) in [6.07, 6.45) is 2.44. The lowest BCUT2D eigenvalue weighted by atomic mass is 10.1. The van der Waals surface area contributed by atoms with Crippen LogP contribution in [0.15, 0.2) is 72.9 Å². The van der Waals surface area contributed by atoms with E-state index in [9.17, 15) is 4.79 Å². The minimum Gasteiger partial charge on any atom is -0.399 e. The molecule has 0 bridgehead atoms. The highest BCUT2D eigenvalue weighted by Gasteiger charge is 2.07. The number of aromatic nitrogens is 1. The number of pyridine rings is 1. The highest BCUT2D eigenvalue weighted by molar-refractivity contribution is 6.31. The number of carbonyl (C=O) groups excluding carboxylic acids is 1. The molecule has 1 heterocycles. The summed E-state index contributed by atoms with van der Waals surface area (Å²) in [6, 6.07) is 20.3. The molecule has 0 saturated heterocycles. The first-order valence-electron chi connectivity index (χ1n) is 10.1. The Kier molecular flexibility index (Phi) is 6.25. The largest absolute Gasteiger partial charge is 0.399 e. The van der Waals surface area contributed by atoms with Gasteiger partial charge in [-0.15, -0.1) is 0 Å². The van der Waals surface area contributed by atoms with E-state index in [4.69, 9.17) is 23.1 Å². The van der Waals surface area contributed by atoms with E-state index in [2.05, 4.69) is 22.1 Å². The molecule has 5 N–H and O–H groups in total. The zero-order valence-corrected chi connectivity index (χ0v) is 18.0. The molecule has 5 nitrogen and oxygen atoms in total. The average Bonchev–Trinajstić information content (AvgIpc) is 2.80. The van der Waals surface area contributed by atoms with Crippen molar-refractivity contribution in [1.82, 2.24) is 10.3 Å². The highest BCUT2D eigenvalue weighted by Crippen LogP contribution is 2.24. The first-order valence-corrected chi connectivity index (χ1v) is 10.5. The van der Waals surface area contributed by atoms with E-state index in [1.807, 2.05) is 48.5 Å². The molecular weight excluding hydrogens is 420 g/mol. The number of nitrogens with zero attached hydrogens (tertiary/aromatic N) is 1. The number of hydrogen-bond acceptors (Lipinski definition) is 4. The number of nitrogens with two attached hydrogens (primary N) is 2. The second-order valence-corrected chi connectivity index (χ2v) is 7.76. The van der Waals surface area contributed by atoms with Gasteiger partial charge in [0, 0.05) is 45.4 Å². The molecule has 0 radical (unpaired) electrons. The fraction of sp³-hybridized carbons (Fsp3) is 0.0769. The average molecular weight is 441 g/mol. The van der Waals surface area contributed by atoms with Crippen LogP contribution in [-0.4, -0.2) is 17.4 Å². The lowest BCUT2D eigenvalue weighted by Gasteiger charge is -2.06. The van der Waals surface area contributed by atoms with Crippen LogP contribution in [0.3, 0.4) is 0 Å². The van der Waals surface area contributed by atoms with Crippen molar-refractivity contribution >= 4 is 39.8 Å². The number of nitrogen functional groups attached to an aromatic ring is 2. The Balaban J connectivity index is 1.44. The van der Waals surface area contributed by atoms with Crippen LogP contribution in [0.25, 0.3) is 10.8 Å². The van der Waals surface area contributed by atoms with E-state index in [0.29, 0.717) is 28.5 Å². The maximum atomic E-state index is 12.4. The smallest absolute Gasteiger partial charge is 0.251 e. The van der Waals surface area contributed by atoms with Gasteiger partial charge in [-0.05, 0) is 60.5 Å². The van der Waals surface area contributed by atoms with Crippen molar-refractivity contribution in [2.24, 2.45) is 0 Å². The fourth-order valence-electron chi connectivity index (χ4n) is 3.28. The molecule has 3 aromatic carbocycles. The summed E-state index contributed by atoms with van der Waals surface area (Å²) in [7, 11) is 0. The van der Waals surface area contributed by atoms with E-state index in [-0.39, 0.29) is 5.91 Å². The number of halogens is 1. The van der Waals surface area contributed by atoms with Crippen molar-refractivity contribution in [2.75, 3.05) is 18.0 Å². The van der Waals surface area contributed by atoms with Gasteiger partial charge < -0.3 is 16.8 Å². The summed E-state index contributed by atoms with van der Waals surface area (Å²) < 4.78 is 0. The van der Waals surface area contributed by atoms with Crippen molar-refractivity contribution in [3.63, 3.8) is 0 Å². The van der Waals surface area contributed by atoms with E-state index in [1.165, 1.54) is 0 Å². The molecule has 0 atom stereocenters. The Morgan fingerprint density at radius 3 is 2.47 bits per heavy atom. The summed E-state index contributed by atoms with van der Waals surface area (Å²) in [5, 5.41) is 5.31. The Morgan fingerprint density at radius 2 is 1.72 bits per heavy atom. The van der Waals surface area contributed by atoms with Crippen LogP contribution in [-0.2, 0) is 6.42 Å². The zero-order valence-electron chi connectivity index (χ0n) is 17.2. The molecule has 0 aliphatic heterocycles. The van der Waals surface area contributed by atoms with E-state index in [0.717, 1.165) is 34.0 Å². The van der Waals surface area contributed by atoms with Crippen molar-refractivity contribution in [2.45, 2.75) is 6.42 Å². The predicted octanol–water partition coefficient (Wildman–Crippen LogP) is 4.42. The van der Waals surface area contributed by atoms with Gasteiger partial charge in [-0.25, -0.2) is 4.98 Å². The van der Waals surface area contributed by atoms with Gasteiger partial charge >= 0.3 is 0 Å². The van der Waals surface area contributed by atoms with Gasteiger partial charge in [0.25, 0.3) is 5.91 Å². The van der Waals surface area contributed by atoms with Crippen molar-refractivity contribution < 1.29 is 4.79 Å². The minimum atomic E-state index is -0.128. The zero-order chi connectivity index (χ0) is 22.5. The Bertz CT molecular complexity index is 1330. The van der Waals surface area contributed by atoms with E-state index in [1.54, 1.807) is 24.4 Å². The summed E-state index contributed by atoms with van der Waals surface area (Å²) in [4.78, 5) is 16.6. The predicted molar refractivity (Wildman–Crippen MR) is 130 cm³/mol. The normalized spacial score (nSPS) is 10.4. The van der Waals surface area contributed by atoms with Crippen LogP contribution in [0.1, 0.15) is 27.0 Å². The van der Waals surface area contributed by atoms with Crippen LogP contribution in [0.4, 0.5) is 11.5 Å². The Morgan fingerprint density at radius 1 is 0.969 bits per heavy atom. The molecule has 0 saturated carbocycles. The number of rotatable bonds is 4. The molecule has 0 fully saturated rings. The summed E-state index contributed by atoms with van der Waals surface area (Å²) in [5.41, 5.74) is 15.6. The van der Waals surface area contributed by atoms with Gasteiger partial charge in [-0.3, -0.25) is 4.79 Å². The van der Waals surface area contributed by atoms with Crippen molar-refractivity contribution in [3.8, 4) is 11.8 Å². The van der Waals surface area contributed by atoms with Crippen LogP contribution in [0.2, 0.25) is 5.02 Å². The summed E-state index contributed by atoms with van der Waals surface area (Å²) in [6.45, 7) is 0.542. The minimum absolute atomic E-state index is 0.128. The van der Waals surface area contributed by atoms with Gasteiger partial charge in [0.1, 0.15) is 5.82 Å². The molecule has 0 unspecified atom stereocenters. The molecule has 1 aromatic heterocycles. The van der Waals surface area contributed by atoms with Gasteiger partial charge in [0.15, 0.2) is 0 Å². The van der Waals surface area contributed by atoms with Gasteiger partial charge in [-0.2, -0.15) is 0 Å². The maximum absolute atomic E-state index is 12.4. The number of nitrogens with one attached hydrogen (secondary N) is 1. The molecule has 0 aliphatic rings. The number of anilines is 2. The van der Waals surface area contributed by atoms with Crippen molar-refractivity contribution in [1.29, 1.82) is 0 Å². The molecule has 6 heteroatoms. The fourth-order valence-corrected chi connectivity index (χ4v) is 3.45. The Hall–Kier alpha value is -4.01. The monoisotopic (exact) mass is 440 g/mol. The molecule has 32 heavy (non-hydrogen) atoms. The van der Waals surface area contributed by atoms with Crippen LogP contribution in [0.5, 0.6) is 0 Å². The lowest BCUT2D eigenvalue weighted by Crippen LogP contribution is -2.25. The van der Waals surface area contributed by atoms with Crippen LogP contribution < -0.4 is 16.8 Å². The maximum Gasteiger partial charge on any atom is 0.251 e. The number of carbonyl (C=O) groups is 1. The first kappa shape index (κ1) is 21.2. The summed E-state index contributed by atoms with van der Waals surface area (Å²) >= 11 is 6.13. The molecule has 158 valence electrons. The quantitative estimate of drug-likeness (QED) is 0.323. The second kappa shape index (κ2) is 9.42. The molecule has 0 aliphatic carbocycles. The van der Waals surface area contributed by atoms with E-state index < -0.39 is 0 Å². The number of benzene rings is 3. The van der Waals surface area contributed by atoms with Gasteiger partial charge in [-0.1, -0.05) is 41.6 Å². The molecule has 0 spiro atoms. The third-order valence-corrected chi connectivity index (χ3v) is 5.28. The topological polar surface area (TPSA) is 94.0 Å². The number of fused-ring (bicyclic) bond motifs is 1. The molecule has 4 aromatic rings. The molecule has 1 amide bonds. The summed E-state index contributed by atoms with van der Waals surface area (Å²) in [5.74, 6) is 6.42. The third-order valence-electron chi connectivity index (χ3n) is 5.04. The molecule has 4 rings (SSSR count). The second-order valence-electron chi connectivity index (χ2n) is 7.32. The van der Waals surface area contributed by atoms with Crippen LogP contribution >= 0.6 is 11.6 Å².